The topological polar surface area (TPSA) is 39.9 Å². The second-order valence-corrected chi connectivity index (χ2v) is 4.16. The first kappa shape index (κ1) is 9.93. The summed E-state index contributed by atoms with van der Waals surface area (Å²) >= 11 is 5.87. The number of hydrogen-bond donors (Lipinski definition) is 0. The first-order chi connectivity index (χ1) is 6.76. The molecule has 4 nitrogen and oxygen atoms in total. The van der Waals surface area contributed by atoms with Gasteiger partial charge in [-0.25, -0.2) is 0 Å². The van der Waals surface area contributed by atoms with Crippen LogP contribution in [-0.2, 0) is 11.3 Å². The minimum Gasteiger partial charge on any atom is -0.376 e. The predicted molar refractivity (Wildman–Crippen MR) is 53.2 cm³/mol. The van der Waals surface area contributed by atoms with Crippen LogP contribution < -0.4 is 0 Å². The molecule has 0 radical (unpaired) electrons. The van der Waals surface area contributed by atoms with Gasteiger partial charge in [-0.2, -0.15) is 0 Å². The van der Waals surface area contributed by atoms with Crippen LogP contribution in [-0.4, -0.2) is 27.5 Å². The Balaban J connectivity index is 2.12. The maximum absolute atomic E-state index is 5.87. The number of methoxy groups -OCH3 is 1. The van der Waals surface area contributed by atoms with Crippen molar-refractivity contribution in [3.05, 3.63) is 11.6 Å². The van der Waals surface area contributed by atoms with Crippen molar-refractivity contribution in [3.8, 4) is 0 Å². The van der Waals surface area contributed by atoms with Crippen LogP contribution >= 0.6 is 11.6 Å². The van der Waals surface area contributed by atoms with Gasteiger partial charge in [0.05, 0.1) is 12.1 Å². The minimum absolute atomic E-state index is 0.0496. The molecule has 1 aliphatic rings. The van der Waals surface area contributed by atoms with E-state index in [-0.39, 0.29) is 5.60 Å². The third-order valence-corrected chi connectivity index (χ3v) is 3.27. The normalized spacial score (nSPS) is 20.1. The molecule has 2 rings (SSSR count). The molecule has 5 heteroatoms. The van der Waals surface area contributed by atoms with Gasteiger partial charge < -0.3 is 9.30 Å². The SMILES string of the molecule is COC1(Cn2cnnc2Cl)CCCC1. The maximum atomic E-state index is 5.87. The zero-order chi connectivity index (χ0) is 10.0. The van der Waals surface area contributed by atoms with E-state index in [1.54, 1.807) is 13.4 Å². The number of halogens is 1. The fourth-order valence-electron chi connectivity index (χ4n) is 2.10. The van der Waals surface area contributed by atoms with E-state index in [1.807, 2.05) is 4.57 Å². The molecule has 1 aliphatic carbocycles. The Labute approximate surface area is 88.2 Å². The van der Waals surface area contributed by atoms with Gasteiger partial charge in [0.1, 0.15) is 6.33 Å². The summed E-state index contributed by atoms with van der Waals surface area (Å²) in [6.45, 7) is 0.759. The van der Waals surface area contributed by atoms with E-state index in [0.29, 0.717) is 5.28 Å². The van der Waals surface area contributed by atoms with Crippen LogP contribution in [0.1, 0.15) is 25.7 Å². The quantitative estimate of drug-likeness (QED) is 0.773. The van der Waals surface area contributed by atoms with Gasteiger partial charge in [0.25, 0.3) is 0 Å². The number of rotatable bonds is 3. The van der Waals surface area contributed by atoms with E-state index in [0.717, 1.165) is 19.4 Å². The molecule has 78 valence electrons. The first-order valence-electron chi connectivity index (χ1n) is 4.84. The van der Waals surface area contributed by atoms with Crippen LogP contribution in [0.25, 0.3) is 0 Å². The zero-order valence-electron chi connectivity index (χ0n) is 8.24. The van der Waals surface area contributed by atoms with Crippen molar-refractivity contribution in [2.24, 2.45) is 0 Å². The van der Waals surface area contributed by atoms with Crippen molar-refractivity contribution in [1.82, 2.24) is 14.8 Å². The summed E-state index contributed by atoms with van der Waals surface area (Å²) in [4.78, 5) is 0. The number of nitrogens with zero attached hydrogens (tertiary/aromatic N) is 3. The van der Waals surface area contributed by atoms with Gasteiger partial charge >= 0.3 is 0 Å². The Morgan fingerprint density at radius 1 is 1.57 bits per heavy atom. The molecule has 0 saturated heterocycles. The zero-order valence-corrected chi connectivity index (χ0v) is 9.00. The van der Waals surface area contributed by atoms with Crippen LogP contribution in [0.2, 0.25) is 5.28 Å². The number of hydrogen-bond acceptors (Lipinski definition) is 3. The van der Waals surface area contributed by atoms with E-state index in [1.165, 1.54) is 12.8 Å². The summed E-state index contributed by atoms with van der Waals surface area (Å²) in [5, 5.41) is 7.94. The van der Waals surface area contributed by atoms with Crippen molar-refractivity contribution in [2.75, 3.05) is 7.11 Å². The summed E-state index contributed by atoms with van der Waals surface area (Å²) in [7, 11) is 1.77. The molecule has 0 N–H and O–H groups in total. The van der Waals surface area contributed by atoms with Crippen LogP contribution in [0.5, 0.6) is 0 Å². The molecule has 0 bridgehead atoms. The average molecular weight is 216 g/mol. The lowest BCUT2D eigenvalue weighted by atomic mass is 10.0. The van der Waals surface area contributed by atoms with E-state index >= 15 is 0 Å². The largest absolute Gasteiger partial charge is 0.376 e. The highest BCUT2D eigenvalue weighted by Gasteiger charge is 2.34. The highest BCUT2D eigenvalue weighted by molar-refractivity contribution is 6.28. The highest BCUT2D eigenvalue weighted by Crippen LogP contribution is 2.34. The molecule has 1 saturated carbocycles. The van der Waals surface area contributed by atoms with E-state index in [2.05, 4.69) is 10.2 Å². The monoisotopic (exact) mass is 215 g/mol. The van der Waals surface area contributed by atoms with Gasteiger partial charge in [0.15, 0.2) is 0 Å². The van der Waals surface area contributed by atoms with Crippen molar-refractivity contribution < 1.29 is 4.74 Å². The summed E-state index contributed by atoms with van der Waals surface area (Å²) in [5.74, 6) is 0. The van der Waals surface area contributed by atoms with Gasteiger partial charge in [-0.15, -0.1) is 10.2 Å². The lowest BCUT2D eigenvalue weighted by Crippen LogP contribution is -2.33. The summed E-state index contributed by atoms with van der Waals surface area (Å²) in [5.41, 5.74) is -0.0496. The molecule has 1 aromatic rings. The molecule has 0 aromatic carbocycles. The first-order valence-corrected chi connectivity index (χ1v) is 5.22. The van der Waals surface area contributed by atoms with Gasteiger partial charge in [0, 0.05) is 7.11 Å². The van der Waals surface area contributed by atoms with Crippen LogP contribution in [0, 0.1) is 0 Å². The van der Waals surface area contributed by atoms with E-state index in [4.69, 9.17) is 16.3 Å². The molecule has 0 unspecified atom stereocenters. The Morgan fingerprint density at radius 3 is 2.79 bits per heavy atom. The van der Waals surface area contributed by atoms with Gasteiger partial charge in [-0.05, 0) is 24.4 Å². The minimum atomic E-state index is -0.0496. The Hall–Kier alpha value is -0.610. The van der Waals surface area contributed by atoms with Crippen molar-refractivity contribution >= 4 is 11.6 Å². The molecule has 0 amide bonds. The van der Waals surface area contributed by atoms with Crippen LogP contribution in [0.15, 0.2) is 6.33 Å². The van der Waals surface area contributed by atoms with Gasteiger partial charge in [-0.1, -0.05) is 12.8 Å². The second kappa shape index (κ2) is 3.87. The molecule has 0 atom stereocenters. The smallest absolute Gasteiger partial charge is 0.224 e. The summed E-state index contributed by atoms with van der Waals surface area (Å²) in [6.07, 6.45) is 6.30. The number of aromatic nitrogens is 3. The fraction of sp³-hybridized carbons (Fsp3) is 0.778. The van der Waals surface area contributed by atoms with Crippen LogP contribution in [0.3, 0.4) is 0 Å². The highest BCUT2D eigenvalue weighted by atomic mass is 35.5. The standard InChI is InChI=1S/C9H14ClN3O/c1-14-9(4-2-3-5-9)6-13-7-11-12-8(13)10/h7H,2-6H2,1H3. The van der Waals surface area contributed by atoms with Crippen molar-refractivity contribution in [1.29, 1.82) is 0 Å². The predicted octanol–water partition coefficient (Wildman–Crippen LogP) is 1.89. The van der Waals surface area contributed by atoms with E-state index in [9.17, 15) is 0 Å². The molecule has 0 spiro atoms. The third kappa shape index (κ3) is 1.77. The van der Waals surface area contributed by atoms with Gasteiger partial charge in [-0.3, -0.25) is 0 Å². The molecule has 1 heterocycles. The van der Waals surface area contributed by atoms with Gasteiger partial charge in [0.2, 0.25) is 5.28 Å². The van der Waals surface area contributed by atoms with E-state index < -0.39 is 0 Å². The summed E-state index contributed by atoms with van der Waals surface area (Å²) < 4.78 is 7.44. The Morgan fingerprint density at radius 2 is 2.29 bits per heavy atom. The molecule has 1 fully saturated rings. The second-order valence-electron chi connectivity index (χ2n) is 3.82. The molecule has 1 aromatic heterocycles. The lowest BCUT2D eigenvalue weighted by Gasteiger charge is -2.27. The molecule has 0 aliphatic heterocycles. The molecule has 14 heavy (non-hydrogen) atoms. The molecular weight excluding hydrogens is 202 g/mol. The maximum Gasteiger partial charge on any atom is 0.224 e. The lowest BCUT2D eigenvalue weighted by molar-refractivity contribution is -0.0183. The average Bonchev–Trinajstić information content (AvgIpc) is 2.79. The Bertz CT molecular complexity index is 307. The Kier molecular flexibility index (Phi) is 2.74. The number of ether oxygens (including phenoxy) is 1. The van der Waals surface area contributed by atoms with Crippen molar-refractivity contribution in [3.63, 3.8) is 0 Å². The van der Waals surface area contributed by atoms with Crippen molar-refractivity contribution in [2.45, 2.75) is 37.8 Å². The van der Waals surface area contributed by atoms with Crippen LogP contribution in [0.4, 0.5) is 0 Å². The fourth-order valence-corrected chi connectivity index (χ4v) is 2.25. The molecular formula is C9H14ClN3O. The third-order valence-electron chi connectivity index (χ3n) is 2.97. The summed E-state index contributed by atoms with van der Waals surface area (Å²) in [6, 6.07) is 0.